The number of hydrogen-bond donors (Lipinski definition) is 2. The maximum atomic E-state index is 13.0. The average Bonchev–Trinajstić information content (AvgIpc) is 2.35. The molecule has 0 aliphatic heterocycles. The van der Waals surface area contributed by atoms with Crippen molar-refractivity contribution in [1.82, 2.24) is 0 Å². The Bertz CT molecular complexity index is 564. The van der Waals surface area contributed by atoms with Crippen molar-refractivity contribution in [3.63, 3.8) is 0 Å². The Labute approximate surface area is 107 Å². The van der Waals surface area contributed by atoms with E-state index in [1.165, 1.54) is 23.3 Å². The third-order valence-electron chi connectivity index (χ3n) is 3.02. The van der Waals surface area contributed by atoms with E-state index in [1.54, 1.807) is 6.07 Å². The van der Waals surface area contributed by atoms with Crippen LogP contribution < -0.4 is 11.1 Å². The topological polar surface area (TPSA) is 38.0 Å². The molecule has 0 amide bonds. The maximum absolute atomic E-state index is 13.0. The summed E-state index contributed by atoms with van der Waals surface area (Å²) in [4.78, 5) is 0. The number of nitrogen functional groups attached to an aromatic ring is 1. The van der Waals surface area contributed by atoms with Gasteiger partial charge in [-0.1, -0.05) is 13.0 Å². The van der Waals surface area contributed by atoms with Gasteiger partial charge in [0.2, 0.25) is 0 Å². The Morgan fingerprint density at radius 1 is 1.17 bits per heavy atom. The van der Waals surface area contributed by atoms with Crippen LogP contribution in [0, 0.1) is 12.7 Å². The molecule has 0 atom stereocenters. The van der Waals surface area contributed by atoms with Gasteiger partial charge in [0.25, 0.3) is 0 Å². The Morgan fingerprint density at radius 2 is 1.94 bits per heavy atom. The lowest BCUT2D eigenvalue weighted by atomic mass is 10.1. The minimum Gasteiger partial charge on any atom is -0.397 e. The van der Waals surface area contributed by atoms with Gasteiger partial charge < -0.3 is 11.1 Å². The highest BCUT2D eigenvalue weighted by Crippen LogP contribution is 2.25. The van der Waals surface area contributed by atoms with Crippen molar-refractivity contribution in [3.05, 3.63) is 53.3 Å². The number of anilines is 3. The number of halogens is 1. The standard InChI is InChI=1S/C15H17FN2/c1-3-11-8-13(6-4-10(11)2)18-15-7-5-12(16)9-14(15)17/h4-9,18H,3,17H2,1-2H3. The fourth-order valence-corrected chi connectivity index (χ4v) is 1.93. The molecule has 2 aromatic carbocycles. The van der Waals surface area contributed by atoms with Gasteiger partial charge in [-0.2, -0.15) is 0 Å². The van der Waals surface area contributed by atoms with Crippen LogP contribution in [-0.4, -0.2) is 0 Å². The van der Waals surface area contributed by atoms with Crippen LogP contribution in [0.4, 0.5) is 21.5 Å². The number of nitrogens with one attached hydrogen (secondary N) is 1. The molecule has 3 N–H and O–H groups in total. The summed E-state index contributed by atoms with van der Waals surface area (Å²) in [5.74, 6) is -0.323. The summed E-state index contributed by atoms with van der Waals surface area (Å²) in [6.45, 7) is 4.22. The zero-order valence-corrected chi connectivity index (χ0v) is 10.6. The van der Waals surface area contributed by atoms with Crippen molar-refractivity contribution in [2.75, 3.05) is 11.1 Å². The third-order valence-corrected chi connectivity index (χ3v) is 3.02. The van der Waals surface area contributed by atoms with Crippen molar-refractivity contribution in [1.29, 1.82) is 0 Å². The van der Waals surface area contributed by atoms with E-state index in [9.17, 15) is 4.39 Å². The molecule has 0 radical (unpaired) electrons. The van der Waals surface area contributed by atoms with E-state index in [0.717, 1.165) is 17.8 Å². The lowest BCUT2D eigenvalue weighted by molar-refractivity contribution is 0.628. The predicted octanol–water partition coefficient (Wildman–Crippen LogP) is 4.02. The summed E-state index contributed by atoms with van der Waals surface area (Å²) in [7, 11) is 0. The number of aryl methyl sites for hydroxylation is 2. The van der Waals surface area contributed by atoms with Crippen LogP contribution in [0.2, 0.25) is 0 Å². The molecule has 0 unspecified atom stereocenters. The van der Waals surface area contributed by atoms with Gasteiger partial charge in [0, 0.05) is 5.69 Å². The zero-order chi connectivity index (χ0) is 13.1. The van der Waals surface area contributed by atoms with Crippen molar-refractivity contribution in [2.45, 2.75) is 20.3 Å². The van der Waals surface area contributed by atoms with Crippen LogP contribution in [0.25, 0.3) is 0 Å². The van der Waals surface area contributed by atoms with E-state index >= 15 is 0 Å². The molecule has 0 spiro atoms. The third kappa shape index (κ3) is 2.62. The number of rotatable bonds is 3. The molecule has 0 saturated heterocycles. The summed E-state index contributed by atoms with van der Waals surface area (Å²) in [5.41, 5.74) is 10.4. The highest BCUT2D eigenvalue weighted by atomic mass is 19.1. The van der Waals surface area contributed by atoms with Crippen molar-refractivity contribution in [2.24, 2.45) is 0 Å². The van der Waals surface area contributed by atoms with Crippen LogP contribution >= 0.6 is 0 Å². The fraction of sp³-hybridized carbons (Fsp3) is 0.200. The van der Waals surface area contributed by atoms with E-state index in [-0.39, 0.29) is 5.82 Å². The molecule has 2 rings (SSSR count). The van der Waals surface area contributed by atoms with E-state index < -0.39 is 0 Å². The smallest absolute Gasteiger partial charge is 0.125 e. The van der Waals surface area contributed by atoms with Crippen LogP contribution in [-0.2, 0) is 6.42 Å². The number of nitrogens with two attached hydrogens (primary N) is 1. The molecule has 0 bridgehead atoms. The Hall–Kier alpha value is -2.03. The molecular formula is C15H17FN2. The van der Waals surface area contributed by atoms with Gasteiger partial charge in [0.1, 0.15) is 5.82 Å². The predicted molar refractivity (Wildman–Crippen MR) is 74.7 cm³/mol. The van der Waals surface area contributed by atoms with Gasteiger partial charge in [-0.25, -0.2) is 4.39 Å². The second-order valence-corrected chi connectivity index (χ2v) is 4.35. The van der Waals surface area contributed by atoms with Crippen LogP contribution in [0.3, 0.4) is 0 Å². The first kappa shape index (κ1) is 12.4. The van der Waals surface area contributed by atoms with Crippen molar-refractivity contribution >= 4 is 17.1 Å². The average molecular weight is 244 g/mol. The first-order valence-corrected chi connectivity index (χ1v) is 6.01. The van der Waals surface area contributed by atoms with Crippen molar-refractivity contribution in [3.8, 4) is 0 Å². The van der Waals surface area contributed by atoms with Crippen LogP contribution in [0.5, 0.6) is 0 Å². The first-order valence-electron chi connectivity index (χ1n) is 6.01. The summed E-state index contributed by atoms with van der Waals surface area (Å²) in [5, 5.41) is 3.21. The monoisotopic (exact) mass is 244 g/mol. The summed E-state index contributed by atoms with van der Waals surface area (Å²) in [6.07, 6.45) is 0.986. The lowest BCUT2D eigenvalue weighted by Crippen LogP contribution is -1.98. The fourth-order valence-electron chi connectivity index (χ4n) is 1.93. The Kier molecular flexibility index (Phi) is 3.51. The molecule has 0 heterocycles. The number of benzene rings is 2. The Balaban J connectivity index is 2.28. The molecular weight excluding hydrogens is 227 g/mol. The molecule has 2 aromatic rings. The molecule has 0 saturated carbocycles. The van der Waals surface area contributed by atoms with Gasteiger partial charge in [0.15, 0.2) is 0 Å². The molecule has 18 heavy (non-hydrogen) atoms. The normalized spacial score (nSPS) is 10.4. The minimum absolute atomic E-state index is 0.323. The number of hydrogen-bond acceptors (Lipinski definition) is 2. The molecule has 0 aromatic heterocycles. The second-order valence-electron chi connectivity index (χ2n) is 4.35. The lowest BCUT2D eigenvalue weighted by Gasteiger charge is -2.11. The van der Waals surface area contributed by atoms with Gasteiger partial charge in [0.05, 0.1) is 11.4 Å². The molecule has 2 nitrogen and oxygen atoms in total. The van der Waals surface area contributed by atoms with Gasteiger partial charge in [-0.15, -0.1) is 0 Å². The maximum Gasteiger partial charge on any atom is 0.125 e. The largest absolute Gasteiger partial charge is 0.397 e. The first-order chi connectivity index (χ1) is 8.60. The van der Waals surface area contributed by atoms with E-state index in [1.807, 2.05) is 6.07 Å². The molecule has 0 fully saturated rings. The Morgan fingerprint density at radius 3 is 2.61 bits per heavy atom. The highest BCUT2D eigenvalue weighted by molar-refractivity contribution is 5.72. The summed E-state index contributed by atoms with van der Waals surface area (Å²) in [6, 6.07) is 10.5. The van der Waals surface area contributed by atoms with Crippen molar-refractivity contribution < 1.29 is 4.39 Å². The molecule has 0 aliphatic carbocycles. The molecule has 94 valence electrons. The quantitative estimate of drug-likeness (QED) is 0.800. The molecule has 3 heteroatoms. The second kappa shape index (κ2) is 5.08. The SMILES string of the molecule is CCc1cc(Nc2ccc(F)cc2N)ccc1C. The van der Waals surface area contributed by atoms with Crippen LogP contribution in [0.15, 0.2) is 36.4 Å². The highest BCUT2D eigenvalue weighted by Gasteiger charge is 2.03. The minimum atomic E-state index is -0.323. The zero-order valence-electron chi connectivity index (χ0n) is 10.6. The van der Waals surface area contributed by atoms with Crippen LogP contribution in [0.1, 0.15) is 18.1 Å². The van der Waals surface area contributed by atoms with Gasteiger partial charge in [-0.05, 0) is 54.8 Å². The van der Waals surface area contributed by atoms with Gasteiger partial charge in [-0.3, -0.25) is 0 Å². The van der Waals surface area contributed by atoms with E-state index in [2.05, 4.69) is 31.3 Å². The summed E-state index contributed by atoms with van der Waals surface area (Å²) >= 11 is 0. The van der Waals surface area contributed by atoms with Gasteiger partial charge >= 0.3 is 0 Å². The van der Waals surface area contributed by atoms with E-state index in [4.69, 9.17) is 5.73 Å². The molecule has 0 aliphatic rings. The summed E-state index contributed by atoms with van der Waals surface area (Å²) < 4.78 is 13.0. The van der Waals surface area contributed by atoms with E-state index in [0.29, 0.717) is 5.69 Å².